The second-order valence-corrected chi connectivity index (χ2v) is 11.6. The number of H-pyrrole nitrogens is 2. The first kappa shape index (κ1) is 28.6. The summed E-state index contributed by atoms with van der Waals surface area (Å²) in [7, 11) is 0. The van der Waals surface area contributed by atoms with Gasteiger partial charge in [-0.1, -0.05) is 13.8 Å². The van der Waals surface area contributed by atoms with Crippen LogP contribution in [-0.4, -0.2) is 67.2 Å². The minimum Gasteiger partial charge on any atom is -0.492 e. The Labute approximate surface area is 259 Å². The van der Waals surface area contributed by atoms with Gasteiger partial charge in [-0.3, -0.25) is 19.8 Å². The lowest BCUT2D eigenvalue weighted by Crippen LogP contribution is -2.25. The average molecular weight is 605 g/mol. The average Bonchev–Trinajstić information content (AvgIpc) is 3.80. The minimum absolute atomic E-state index is 0.0826. The lowest BCUT2D eigenvalue weighted by molar-refractivity contribution is -0.118. The highest BCUT2D eigenvalue weighted by molar-refractivity contribution is 5.99. The van der Waals surface area contributed by atoms with Crippen molar-refractivity contribution in [3.63, 3.8) is 0 Å². The molecule has 3 N–H and O–H groups in total. The van der Waals surface area contributed by atoms with Crippen LogP contribution in [0, 0.1) is 11.7 Å². The van der Waals surface area contributed by atoms with Crippen molar-refractivity contribution in [3.8, 4) is 39.5 Å². The molecular formula is C34H33FN8O2. The van der Waals surface area contributed by atoms with Crippen LogP contribution in [0.4, 0.5) is 10.1 Å². The highest BCUT2D eigenvalue weighted by atomic mass is 19.1. The van der Waals surface area contributed by atoms with Crippen LogP contribution in [0.2, 0.25) is 0 Å². The molecule has 0 unspecified atom stereocenters. The lowest BCUT2D eigenvalue weighted by atomic mass is 10.0. The smallest absolute Gasteiger partial charge is 0.226 e. The molecule has 228 valence electrons. The van der Waals surface area contributed by atoms with Gasteiger partial charge in [-0.15, -0.1) is 0 Å². The molecule has 45 heavy (non-hydrogen) atoms. The molecular weight excluding hydrogens is 571 g/mol. The summed E-state index contributed by atoms with van der Waals surface area (Å²) in [6, 6.07) is 14.3. The summed E-state index contributed by atoms with van der Waals surface area (Å²) in [6.45, 7) is 7.20. The van der Waals surface area contributed by atoms with Gasteiger partial charge in [-0.05, 0) is 79.5 Å². The van der Waals surface area contributed by atoms with Gasteiger partial charge in [0, 0.05) is 41.9 Å². The number of carbonyl (C=O) groups excluding carboxylic acids is 1. The molecule has 10 nitrogen and oxygen atoms in total. The predicted octanol–water partition coefficient (Wildman–Crippen LogP) is 6.44. The quantitative estimate of drug-likeness (QED) is 0.174. The Morgan fingerprint density at radius 2 is 1.93 bits per heavy atom. The van der Waals surface area contributed by atoms with E-state index in [-0.39, 0.29) is 17.6 Å². The number of benzene rings is 1. The zero-order valence-electron chi connectivity index (χ0n) is 25.1. The molecule has 1 fully saturated rings. The molecule has 0 atom stereocenters. The second-order valence-electron chi connectivity index (χ2n) is 11.6. The number of nitrogens with zero attached hydrogens (tertiary/aromatic N) is 5. The molecule has 11 heteroatoms. The van der Waals surface area contributed by atoms with Crippen molar-refractivity contribution >= 4 is 33.7 Å². The summed E-state index contributed by atoms with van der Waals surface area (Å²) in [4.78, 5) is 31.7. The number of hydrogen-bond acceptors (Lipinski definition) is 7. The first-order valence-corrected chi connectivity index (χ1v) is 15.2. The van der Waals surface area contributed by atoms with E-state index in [0.717, 1.165) is 47.4 Å². The molecule has 6 heterocycles. The molecule has 0 spiro atoms. The third-order valence-corrected chi connectivity index (χ3v) is 8.08. The Bertz CT molecular complexity index is 2010. The zero-order chi connectivity index (χ0) is 30.9. The molecule has 1 aliphatic rings. The lowest BCUT2D eigenvalue weighted by Gasteiger charge is -2.15. The summed E-state index contributed by atoms with van der Waals surface area (Å²) in [5, 5.41) is 11.3. The molecule has 6 aromatic rings. The van der Waals surface area contributed by atoms with Gasteiger partial charge < -0.3 is 15.0 Å². The van der Waals surface area contributed by atoms with E-state index in [1.807, 2.05) is 50.2 Å². The Morgan fingerprint density at radius 3 is 2.78 bits per heavy atom. The van der Waals surface area contributed by atoms with E-state index in [4.69, 9.17) is 9.72 Å². The molecule has 1 saturated heterocycles. The van der Waals surface area contributed by atoms with Gasteiger partial charge >= 0.3 is 0 Å². The first-order chi connectivity index (χ1) is 21.9. The van der Waals surface area contributed by atoms with Gasteiger partial charge in [0.2, 0.25) is 5.91 Å². The summed E-state index contributed by atoms with van der Waals surface area (Å²) in [5.41, 5.74) is 6.99. The van der Waals surface area contributed by atoms with Gasteiger partial charge in [0.05, 0.1) is 28.8 Å². The van der Waals surface area contributed by atoms with Crippen molar-refractivity contribution in [1.29, 1.82) is 0 Å². The van der Waals surface area contributed by atoms with E-state index >= 15 is 0 Å². The minimum atomic E-state index is -0.359. The summed E-state index contributed by atoms with van der Waals surface area (Å²) < 4.78 is 20.8. The standard InChI is InChI=1S/C34H33FN8O2/c1-20(2)34(44)38-24-14-22(18-36-19-24)28-5-6-29-31(39-28)32(42-41-29)30-17-27-26(7-8-37-33(27)40-30)21-13-23(35)16-25(15-21)45-12-11-43-9-3-4-10-43/h5-8,13-20H,3-4,9-12H2,1-2H3,(H,37,40)(H,38,44)(H,41,42). The number of fused-ring (bicyclic) bond motifs is 2. The van der Waals surface area contributed by atoms with Gasteiger partial charge in [-0.25, -0.2) is 14.4 Å². The number of hydrogen-bond donors (Lipinski definition) is 3. The van der Waals surface area contributed by atoms with E-state index < -0.39 is 0 Å². The van der Waals surface area contributed by atoms with Crippen LogP contribution < -0.4 is 10.1 Å². The van der Waals surface area contributed by atoms with Gasteiger partial charge in [0.15, 0.2) is 0 Å². The van der Waals surface area contributed by atoms with Crippen LogP contribution in [0.5, 0.6) is 5.75 Å². The summed E-state index contributed by atoms with van der Waals surface area (Å²) in [5.74, 6) is -0.0892. The van der Waals surface area contributed by atoms with E-state index in [0.29, 0.717) is 46.2 Å². The number of pyridine rings is 3. The maximum Gasteiger partial charge on any atom is 0.226 e. The number of carbonyl (C=O) groups is 1. The largest absolute Gasteiger partial charge is 0.492 e. The summed E-state index contributed by atoms with van der Waals surface area (Å²) >= 11 is 0. The number of amides is 1. The van der Waals surface area contributed by atoms with Crippen LogP contribution in [-0.2, 0) is 4.79 Å². The zero-order valence-corrected chi connectivity index (χ0v) is 25.1. The second kappa shape index (κ2) is 12.1. The monoisotopic (exact) mass is 604 g/mol. The Hall–Kier alpha value is -5.16. The molecule has 1 aliphatic heterocycles. The van der Waals surface area contributed by atoms with Crippen molar-refractivity contribution in [1.82, 2.24) is 35.0 Å². The topological polar surface area (TPSA) is 125 Å². The van der Waals surface area contributed by atoms with E-state index in [9.17, 15) is 9.18 Å². The Balaban J connectivity index is 1.20. The van der Waals surface area contributed by atoms with Crippen molar-refractivity contribution in [2.45, 2.75) is 26.7 Å². The normalized spacial score (nSPS) is 13.7. The van der Waals surface area contributed by atoms with Crippen LogP contribution in [0.1, 0.15) is 26.7 Å². The van der Waals surface area contributed by atoms with Gasteiger partial charge in [0.25, 0.3) is 0 Å². The van der Waals surface area contributed by atoms with Crippen molar-refractivity contribution in [3.05, 3.63) is 72.9 Å². The molecule has 5 aromatic heterocycles. The van der Waals surface area contributed by atoms with E-state index in [1.165, 1.54) is 25.0 Å². The fourth-order valence-electron chi connectivity index (χ4n) is 5.69. The SMILES string of the molecule is CC(C)C(=O)Nc1cncc(-c2ccc3[nH]nc(-c4cc5c(-c6cc(F)cc(OCCN7CCCC7)c6)ccnc5[nH]4)c3n2)c1. The molecule has 0 aliphatic carbocycles. The summed E-state index contributed by atoms with van der Waals surface area (Å²) in [6.07, 6.45) is 7.46. The highest BCUT2D eigenvalue weighted by Crippen LogP contribution is 2.35. The Morgan fingerprint density at radius 1 is 1.07 bits per heavy atom. The van der Waals surface area contributed by atoms with Crippen LogP contribution in [0.15, 0.2) is 67.1 Å². The van der Waals surface area contributed by atoms with Crippen LogP contribution in [0.3, 0.4) is 0 Å². The number of halogens is 1. The van der Waals surface area contributed by atoms with Gasteiger partial charge in [-0.2, -0.15) is 5.10 Å². The van der Waals surface area contributed by atoms with Crippen molar-refractivity contribution in [2.24, 2.45) is 5.92 Å². The highest BCUT2D eigenvalue weighted by Gasteiger charge is 2.18. The molecule has 1 aromatic carbocycles. The molecule has 0 bridgehead atoms. The third kappa shape index (κ3) is 5.99. The van der Waals surface area contributed by atoms with Crippen molar-refractivity contribution in [2.75, 3.05) is 31.6 Å². The van der Waals surface area contributed by atoms with Crippen LogP contribution >= 0.6 is 0 Å². The van der Waals surface area contributed by atoms with E-state index in [2.05, 4.69) is 35.4 Å². The van der Waals surface area contributed by atoms with Crippen LogP contribution in [0.25, 0.3) is 55.8 Å². The number of anilines is 1. The molecule has 0 saturated carbocycles. The third-order valence-electron chi connectivity index (χ3n) is 8.08. The molecule has 0 radical (unpaired) electrons. The Kier molecular flexibility index (Phi) is 7.68. The number of ether oxygens (including phenoxy) is 1. The molecule has 1 amide bonds. The maximum absolute atomic E-state index is 14.8. The van der Waals surface area contributed by atoms with E-state index in [1.54, 1.807) is 18.6 Å². The number of likely N-dealkylation sites (tertiary alicyclic amines) is 1. The fourth-order valence-corrected chi connectivity index (χ4v) is 5.69. The maximum atomic E-state index is 14.8. The number of rotatable bonds is 9. The van der Waals surface area contributed by atoms with Crippen molar-refractivity contribution < 1.29 is 13.9 Å². The van der Waals surface area contributed by atoms with Gasteiger partial charge in [0.1, 0.15) is 35.0 Å². The number of aromatic nitrogens is 6. The fraction of sp³-hybridized carbons (Fsp3) is 0.265. The number of nitrogens with one attached hydrogen (secondary N) is 3. The first-order valence-electron chi connectivity index (χ1n) is 15.2. The molecule has 7 rings (SSSR count). The number of aromatic amines is 2. The predicted molar refractivity (Wildman–Crippen MR) is 172 cm³/mol.